The van der Waals surface area contributed by atoms with Gasteiger partial charge in [0.15, 0.2) is 5.41 Å². The van der Waals surface area contributed by atoms with E-state index in [9.17, 15) is 22.8 Å². The van der Waals surface area contributed by atoms with Crippen LogP contribution in [0.3, 0.4) is 0 Å². The summed E-state index contributed by atoms with van der Waals surface area (Å²) in [4.78, 5) is 39.3. The van der Waals surface area contributed by atoms with Crippen LogP contribution in [0.5, 0.6) is 0 Å². The van der Waals surface area contributed by atoms with Crippen LogP contribution in [0.4, 0.5) is 0 Å². The highest BCUT2D eigenvalue weighted by atomic mass is 32.2. The van der Waals surface area contributed by atoms with Crippen molar-refractivity contribution in [2.75, 3.05) is 20.8 Å². The molecular formula is C36H47NO8S. The minimum Gasteiger partial charge on any atom is -0.468 e. The lowest BCUT2D eigenvalue weighted by atomic mass is 9.67. The Balaban J connectivity index is 1.64. The molecule has 1 aliphatic rings. The molecule has 3 aromatic rings. The molecule has 4 rings (SSSR count). The monoisotopic (exact) mass is 653 g/mol. The number of esters is 3. The van der Waals surface area contributed by atoms with E-state index in [4.69, 9.17) is 14.2 Å². The van der Waals surface area contributed by atoms with E-state index in [0.29, 0.717) is 41.4 Å². The minimum absolute atomic E-state index is 0.00886. The van der Waals surface area contributed by atoms with E-state index >= 15 is 0 Å². The number of carbonyl (C=O) groups is 3. The van der Waals surface area contributed by atoms with Gasteiger partial charge in [0.05, 0.1) is 31.2 Å². The van der Waals surface area contributed by atoms with E-state index in [0.717, 1.165) is 24.8 Å². The summed E-state index contributed by atoms with van der Waals surface area (Å²) in [6.07, 6.45) is 8.80. The number of para-hydroxylation sites is 1. The Labute approximate surface area is 272 Å². The Kier molecular flexibility index (Phi) is 12.1. The fourth-order valence-electron chi connectivity index (χ4n) is 6.70. The van der Waals surface area contributed by atoms with Gasteiger partial charge in [0.25, 0.3) is 10.0 Å². The van der Waals surface area contributed by atoms with Gasteiger partial charge in [0, 0.05) is 29.8 Å². The first-order valence-electron chi connectivity index (χ1n) is 16.4. The van der Waals surface area contributed by atoms with Gasteiger partial charge in [-0.15, -0.1) is 0 Å². The van der Waals surface area contributed by atoms with Crippen molar-refractivity contribution in [2.45, 2.75) is 102 Å². The van der Waals surface area contributed by atoms with Crippen LogP contribution >= 0.6 is 0 Å². The van der Waals surface area contributed by atoms with E-state index in [1.165, 1.54) is 43.9 Å². The quantitative estimate of drug-likeness (QED) is 0.0701. The number of aryl methyl sites for hydroxylation is 1. The average molecular weight is 654 g/mol. The van der Waals surface area contributed by atoms with Gasteiger partial charge in [-0.25, -0.2) is 12.4 Å². The summed E-state index contributed by atoms with van der Waals surface area (Å²) in [5.41, 5.74) is 0.856. The largest absolute Gasteiger partial charge is 0.468 e. The van der Waals surface area contributed by atoms with Crippen LogP contribution in [0, 0.1) is 12.3 Å². The molecule has 2 aromatic carbocycles. The lowest BCUT2D eigenvalue weighted by Gasteiger charge is -2.37. The number of rotatable bonds is 16. The first-order chi connectivity index (χ1) is 22.1. The van der Waals surface area contributed by atoms with Crippen molar-refractivity contribution < 1.29 is 37.0 Å². The zero-order valence-electron chi connectivity index (χ0n) is 27.5. The van der Waals surface area contributed by atoms with Crippen molar-refractivity contribution in [3.63, 3.8) is 0 Å². The zero-order chi connectivity index (χ0) is 33.3. The lowest BCUT2D eigenvalue weighted by molar-refractivity contribution is -0.170. The van der Waals surface area contributed by atoms with E-state index in [-0.39, 0.29) is 30.3 Å². The van der Waals surface area contributed by atoms with Crippen molar-refractivity contribution in [3.05, 3.63) is 65.4 Å². The summed E-state index contributed by atoms with van der Waals surface area (Å²) < 4.78 is 45.8. The molecule has 46 heavy (non-hydrogen) atoms. The Hall–Kier alpha value is -3.66. The van der Waals surface area contributed by atoms with Crippen LogP contribution in [0.2, 0.25) is 0 Å². The smallest absolute Gasteiger partial charge is 0.323 e. The number of carbonyl (C=O) groups excluding carboxylic acids is 3. The second-order valence-corrected chi connectivity index (χ2v) is 14.1. The van der Waals surface area contributed by atoms with Gasteiger partial charge >= 0.3 is 17.9 Å². The molecule has 1 atom stereocenters. The van der Waals surface area contributed by atoms with Gasteiger partial charge in [-0.2, -0.15) is 0 Å². The second kappa shape index (κ2) is 15.8. The average Bonchev–Trinajstić information content (AvgIpc) is 3.40. The minimum atomic E-state index is -4.07. The van der Waals surface area contributed by atoms with Crippen LogP contribution in [0.25, 0.3) is 10.9 Å². The highest BCUT2D eigenvalue weighted by Crippen LogP contribution is 2.50. The molecule has 0 aliphatic heterocycles. The topological polar surface area (TPSA) is 118 Å². The van der Waals surface area contributed by atoms with Gasteiger partial charge in [0.1, 0.15) is 0 Å². The molecule has 250 valence electrons. The Morgan fingerprint density at radius 3 is 2.15 bits per heavy atom. The number of ether oxygens (including phenoxy) is 3. The predicted octanol–water partition coefficient (Wildman–Crippen LogP) is 7.01. The van der Waals surface area contributed by atoms with Gasteiger partial charge in [-0.1, -0.05) is 81.3 Å². The van der Waals surface area contributed by atoms with E-state index in [1.54, 1.807) is 42.5 Å². The van der Waals surface area contributed by atoms with Crippen LogP contribution in [0.1, 0.15) is 100 Å². The molecule has 1 aliphatic carbocycles. The summed E-state index contributed by atoms with van der Waals surface area (Å²) in [7, 11) is -1.61. The van der Waals surface area contributed by atoms with Crippen molar-refractivity contribution in [3.8, 4) is 0 Å². The fourth-order valence-corrected chi connectivity index (χ4v) is 8.33. The van der Waals surface area contributed by atoms with Crippen molar-refractivity contribution >= 4 is 38.8 Å². The Bertz CT molecular complexity index is 1610. The zero-order valence-corrected chi connectivity index (χ0v) is 28.3. The van der Waals surface area contributed by atoms with Crippen molar-refractivity contribution in [1.82, 2.24) is 3.97 Å². The van der Waals surface area contributed by atoms with Crippen LogP contribution in [-0.4, -0.2) is 51.1 Å². The number of benzene rings is 2. The SMILES string of the molecule is CCCCCCCCCC(=O)OCCCC1CC(C(=O)OC)(C(=O)OC)Cc2c1n(S(=O)(=O)c1ccc(C)cc1)c1ccccc21. The maximum atomic E-state index is 14.3. The number of unbranched alkanes of at least 4 members (excludes halogenated alkanes) is 6. The van der Waals surface area contributed by atoms with Gasteiger partial charge in [-0.3, -0.25) is 14.4 Å². The fraction of sp³-hybridized carbons (Fsp3) is 0.528. The Morgan fingerprint density at radius 2 is 1.50 bits per heavy atom. The highest BCUT2D eigenvalue weighted by Gasteiger charge is 2.54. The Morgan fingerprint density at radius 1 is 0.870 bits per heavy atom. The molecule has 1 heterocycles. The normalized spacial score (nSPS) is 15.7. The molecule has 0 saturated heterocycles. The van der Waals surface area contributed by atoms with E-state index in [1.807, 2.05) is 13.0 Å². The summed E-state index contributed by atoms with van der Waals surface area (Å²) in [6.45, 7) is 4.22. The van der Waals surface area contributed by atoms with Gasteiger partial charge in [0.2, 0.25) is 0 Å². The van der Waals surface area contributed by atoms with Crippen LogP contribution in [0.15, 0.2) is 53.4 Å². The van der Waals surface area contributed by atoms with Gasteiger partial charge < -0.3 is 14.2 Å². The third kappa shape index (κ3) is 7.48. The molecule has 0 spiro atoms. The standard InChI is InChI=1S/C36H47NO8S/c1-5-6-7-8-9-10-11-18-32(38)45-23-14-15-27-24-36(34(39)43-3,35(40)44-4)25-30-29-16-12-13-17-31(29)37(33(27)30)46(41,42)28-21-19-26(2)20-22-28/h12-13,16-17,19-22,27H,5-11,14-15,18,23-25H2,1-4H3. The summed E-state index contributed by atoms with van der Waals surface area (Å²) in [5.74, 6) is -2.27. The first kappa shape index (κ1) is 35.2. The maximum absolute atomic E-state index is 14.3. The van der Waals surface area contributed by atoms with Crippen LogP contribution < -0.4 is 0 Å². The molecular weight excluding hydrogens is 606 g/mol. The lowest BCUT2D eigenvalue weighted by Crippen LogP contribution is -2.47. The second-order valence-electron chi connectivity index (χ2n) is 12.3. The maximum Gasteiger partial charge on any atom is 0.323 e. The molecule has 0 bridgehead atoms. The predicted molar refractivity (Wildman–Crippen MR) is 176 cm³/mol. The number of fused-ring (bicyclic) bond motifs is 3. The number of nitrogens with zero attached hydrogens (tertiary/aromatic N) is 1. The summed E-state index contributed by atoms with van der Waals surface area (Å²) in [5, 5.41) is 0.635. The molecule has 0 amide bonds. The molecule has 1 unspecified atom stereocenters. The highest BCUT2D eigenvalue weighted by molar-refractivity contribution is 7.90. The van der Waals surface area contributed by atoms with Gasteiger partial charge in [-0.05, 0) is 56.4 Å². The van der Waals surface area contributed by atoms with E-state index < -0.39 is 33.3 Å². The molecule has 9 nitrogen and oxygen atoms in total. The molecule has 0 fully saturated rings. The summed E-state index contributed by atoms with van der Waals surface area (Å²) in [6, 6.07) is 13.8. The molecule has 1 aromatic heterocycles. The number of hydrogen-bond acceptors (Lipinski definition) is 8. The number of methoxy groups -OCH3 is 2. The van der Waals surface area contributed by atoms with Crippen LogP contribution in [-0.2, 0) is 45.0 Å². The number of aromatic nitrogens is 1. The summed E-state index contributed by atoms with van der Waals surface area (Å²) >= 11 is 0. The molecule has 0 N–H and O–H groups in total. The third-order valence-corrected chi connectivity index (χ3v) is 10.8. The molecule has 0 radical (unpaired) electrons. The molecule has 10 heteroatoms. The third-order valence-electron chi connectivity index (χ3n) is 9.09. The first-order valence-corrected chi connectivity index (χ1v) is 17.8. The van der Waals surface area contributed by atoms with Crippen molar-refractivity contribution in [1.29, 1.82) is 0 Å². The number of hydrogen-bond donors (Lipinski definition) is 0. The van der Waals surface area contributed by atoms with E-state index in [2.05, 4.69) is 6.92 Å². The molecule has 0 saturated carbocycles. The van der Waals surface area contributed by atoms with Crippen molar-refractivity contribution in [2.24, 2.45) is 5.41 Å².